The number of nitrogens with zero attached hydrogens (tertiary/aromatic N) is 1. The van der Waals surface area contributed by atoms with E-state index < -0.39 is 0 Å². The van der Waals surface area contributed by atoms with Crippen LogP contribution in [0.1, 0.15) is 38.3 Å². The van der Waals surface area contributed by atoms with Crippen molar-refractivity contribution in [2.75, 3.05) is 20.2 Å². The molecular weight excluding hydrogens is 316 g/mol. The molecule has 2 N–H and O–H groups in total. The Labute approximate surface area is 130 Å². The van der Waals surface area contributed by atoms with Gasteiger partial charge in [0.25, 0.3) is 0 Å². The molecule has 1 aliphatic heterocycles. The van der Waals surface area contributed by atoms with E-state index in [1.54, 1.807) is 7.11 Å². The Kier molecular flexibility index (Phi) is 5.47. The van der Waals surface area contributed by atoms with Gasteiger partial charge in [0.05, 0.1) is 13.2 Å². The van der Waals surface area contributed by atoms with Gasteiger partial charge < -0.3 is 10.5 Å². The number of piperidine rings is 1. The third-order valence-corrected chi connectivity index (χ3v) is 4.83. The minimum atomic E-state index is 0.222. The van der Waals surface area contributed by atoms with Crippen molar-refractivity contribution in [3.8, 4) is 5.75 Å². The fourth-order valence-corrected chi connectivity index (χ4v) is 3.54. The van der Waals surface area contributed by atoms with Crippen LogP contribution in [-0.4, -0.2) is 31.1 Å². The predicted octanol–water partition coefficient (Wildman–Crippen LogP) is 3.58. The molecule has 0 amide bonds. The van der Waals surface area contributed by atoms with E-state index in [1.807, 2.05) is 12.1 Å². The molecule has 1 heterocycles. The van der Waals surface area contributed by atoms with Gasteiger partial charge in [-0.15, -0.1) is 0 Å². The highest BCUT2D eigenvalue weighted by Gasteiger charge is 2.30. The molecule has 1 aromatic rings. The highest BCUT2D eigenvalue weighted by atomic mass is 79.9. The summed E-state index contributed by atoms with van der Waals surface area (Å²) in [6.07, 6.45) is 2.55. The summed E-state index contributed by atoms with van der Waals surface area (Å²) in [5, 5.41) is 0. The van der Waals surface area contributed by atoms with Crippen molar-refractivity contribution in [2.45, 2.75) is 38.8 Å². The minimum Gasteiger partial charge on any atom is -0.496 e. The van der Waals surface area contributed by atoms with E-state index in [0.717, 1.165) is 22.7 Å². The Morgan fingerprint density at radius 2 is 2.15 bits per heavy atom. The number of hydrogen-bond donors (Lipinski definition) is 1. The minimum absolute atomic E-state index is 0.222. The van der Waals surface area contributed by atoms with Crippen molar-refractivity contribution >= 4 is 15.9 Å². The standard InChI is InChI=1S/C16H25BrN2O/c1-11-4-5-12(2)19(10-11)15(9-18)14-8-13(17)6-7-16(14)20-3/h6-8,11-12,15H,4-5,9-10,18H2,1-3H3. The molecule has 0 aromatic heterocycles. The summed E-state index contributed by atoms with van der Waals surface area (Å²) in [5.74, 6) is 1.66. The van der Waals surface area contributed by atoms with Crippen molar-refractivity contribution in [3.05, 3.63) is 28.2 Å². The first-order chi connectivity index (χ1) is 9.56. The average molecular weight is 341 g/mol. The van der Waals surface area contributed by atoms with E-state index in [4.69, 9.17) is 10.5 Å². The number of hydrogen-bond acceptors (Lipinski definition) is 3. The molecule has 0 bridgehead atoms. The molecule has 0 spiro atoms. The normalized spacial score (nSPS) is 25.4. The zero-order chi connectivity index (χ0) is 14.7. The largest absolute Gasteiger partial charge is 0.496 e. The number of likely N-dealkylation sites (tertiary alicyclic amines) is 1. The van der Waals surface area contributed by atoms with Crippen molar-refractivity contribution in [1.29, 1.82) is 0 Å². The van der Waals surface area contributed by atoms with Crippen LogP contribution < -0.4 is 10.5 Å². The number of ether oxygens (including phenoxy) is 1. The SMILES string of the molecule is COc1ccc(Br)cc1C(CN)N1CC(C)CCC1C. The van der Waals surface area contributed by atoms with Crippen LogP contribution in [0.2, 0.25) is 0 Å². The van der Waals surface area contributed by atoms with E-state index in [2.05, 4.69) is 40.7 Å². The molecule has 3 atom stereocenters. The smallest absolute Gasteiger partial charge is 0.123 e. The van der Waals surface area contributed by atoms with Crippen molar-refractivity contribution in [3.63, 3.8) is 0 Å². The Balaban J connectivity index is 2.33. The van der Waals surface area contributed by atoms with Gasteiger partial charge in [-0.3, -0.25) is 4.90 Å². The second-order valence-corrected chi connectivity index (χ2v) is 6.78. The Morgan fingerprint density at radius 1 is 1.40 bits per heavy atom. The van der Waals surface area contributed by atoms with Crippen LogP contribution in [0.15, 0.2) is 22.7 Å². The maximum Gasteiger partial charge on any atom is 0.123 e. The van der Waals surface area contributed by atoms with Gasteiger partial charge in [-0.1, -0.05) is 22.9 Å². The zero-order valence-electron chi connectivity index (χ0n) is 12.6. The Hall–Kier alpha value is -0.580. The van der Waals surface area contributed by atoms with Gasteiger partial charge in [0.2, 0.25) is 0 Å². The fraction of sp³-hybridized carbons (Fsp3) is 0.625. The predicted molar refractivity (Wildman–Crippen MR) is 87.1 cm³/mol. The molecule has 0 aliphatic carbocycles. The van der Waals surface area contributed by atoms with E-state index in [0.29, 0.717) is 12.6 Å². The van der Waals surface area contributed by atoms with Crippen LogP contribution in [0.25, 0.3) is 0 Å². The highest BCUT2D eigenvalue weighted by molar-refractivity contribution is 9.10. The van der Waals surface area contributed by atoms with Crippen molar-refractivity contribution < 1.29 is 4.74 Å². The molecule has 3 nitrogen and oxygen atoms in total. The van der Waals surface area contributed by atoms with Crippen LogP contribution >= 0.6 is 15.9 Å². The van der Waals surface area contributed by atoms with Crippen molar-refractivity contribution in [2.24, 2.45) is 11.7 Å². The molecule has 0 saturated carbocycles. The van der Waals surface area contributed by atoms with Crippen LogP contribution in [0.5, 0.6) is 5.75 Å². The third-order valence-electron chi connectivity index (χ3n) is 4.34. The quantitative estimate of drug-likeness (QED) is 0.910. The monoisotopic (exact) mass is 340 g/mol. The van der Waals surface area contributed by atoms with E-state index in [1.165, 1.54) is 18.4 Å². The van der Waals surface area contributed by atoms with E-state index in [-0.39, 0.29) is 6.04 Å². The Bertz CT molecular complexity index is 452. The number of benzene rings is 1. The first kappa shape index (κ1) is 15.8. The lowest BCUT2D eigenvalue weighted by Crippen LogP contribution is -2.45. The lowest BCUT2D eigenvalue weighted by atomic mass is 9.91. The molecule has 1 aliphatic rings. The number of halogens is 1. The summed E-state index contributed by atoms with van der Waals surface area (Å²) in [6.45, 7) is 6.35. The molecule has 1 aromatic carbocycles. The van der Waals surface area contributed by atoms with Crippen LogP contribution in [0.3, 0.4) is 0 Å². The summed E-state index contributed by atoms with van der Waals surface area (Å²) < 4.78 is 6.61. The highest BCUT2D eigenvalue weighted by Crippen LogP contribution is 2.35. The molecule has 1 saturated heterocycles. The molecule has 0 radical (unpaired) electrons. The van der Waals surface area contributed by atoms with E-state index >= 15 is 0 Å². The van der Waals surface area contributed by atoms with Crippen molar-refractivity contribution in [1.82, 2.24) is 4.90 Å². The van der Waals surface area contributed by atoms with E-state index in [9.17, 15) is 0 Å². The zero-order valence-corrected chi connectivity index (χ0v) is 14.2. The molecule has 2 rings (SSSR count). The van der Waals surface area contributed by atoms with Gasteiger partial charge in [-0.2, -0.15) is 0 Å². The second kappa shape index (κ2) is 6.92. The fourth-order valence-electron chi connectivity index (χ4n) is 3.16. The molecular formula is C16H25BrN2O. The molecule has 1 fully saturated rings. The van der Waals surface area contributed by atoms with Gasteiger partial charge in [0.1, 0.15) is 5.75 Å². The Morgan fingerprint density at radius 3 is 2.80 bits per heavy atom. The maximum atomic E-state index is 6.10. The number of nitrogens with two attached hydrogens (primary N) is 1. The first-order valence-corrected chi connectivity index (χ1v) is 8.15. The van der Waals surface area contributed by atoms with Gasteiger partial charge in [-0.25, -0.2) is 0 Å². The summed E-state index contributed by atoms with van der Waals surface area (Å²) in [5.41, 5.74) is 7.29. The average Bonchev–Trinajstić information content (AvgIpc) is 2.44. The summed E-state index contributed by atoms with van der Waals surface area (Å²) in [6, 6.07) is 6.96. The van der Waals surface area contributed by atoms with Crippen LogP contribution in [0, 0.1) is 5.92 Å². The third kappa shape index (κ3) is 3.35. The number of methoxy groups -OCH3 is 1. The molecule has 20 heavy (non-hydrogen) atoms. The number of rotatable bonds is 4. The van der Waals surface area contributed by atoms with Gasteiger partial charge >= 0.3 is 0 Å². The maximum absolute atomic E-state index is 6.10. The second-order valence-electron chi connectivity index (χ2n) is 5.87. The summed E-state index contributed by atoms with van der Waals surface area (Å²) in [7, 11) is 1.72. The lowest BCUT2D eigenvalue weighted by molar-refractivity contribution is 0.0786. The summed E-state index contributed by atoms with van der Waals surface area (Å²) >= 11 is 3.56. The molecule has 112 valence electrons. The molecule has 4 heteroatoms. The topological polar surface area (TPSA) is 38.5 Å². The van der Waals surface area contributed by atoms with Gasteiger partial charge in [0.15, 0.2) is 0 Å². The lowest BCUT2D eigenvalue weighted by Gasteiger charge is -2.42. The first-order valence-electron chi connectivity index (χ1n) is 7.36. The van der Waals surface area contributed by atoms with Crippen LogP contribution in [-0.2, 0) is 0 Å². The summed E-state index contributed by atoms with van der Waals surface area (Å²) in [4.78, 5) is 2.54. The molecule has 3 unspecified atom stereocenters. The van der Waals surface area contributed by atoms with Crippen LogP contribution in [0.4, 0.5) is 0 Å². The van der Waals surface area contributed by atoms with Gasteiger partial charge in [-0.05, 0) is 43.9 Å². The van der Waals surface area contributed by atoms with Gasteiger partial charge in [0, 0.05) is 29.2 Å².